The molecule has 2 amide bonds. The van der Waals surface area contributed by atoms with Gasteiger partial charge in [-0.05, 0) is 54.7 Å². The lowest BCUT2D eigenvalue weighted by Gasteiger charge is -2.32. The first-order valence-electron chi connectivity index (χ1n) is 9.34. The molecular weight excluding hydrogens is 417 g/mol. The number of likely N-dealkylation sites (tertiary alicyclic amines) is 1. The molecule has 2 N–H and O–H groups in total. The SMILES string of the molecule is O=C(Nc1ccc(F)cc1)N1CCC(CNS(=O)(=O)Cc2ccccc2Cl)CC1. The molecule has 156 valence electrons. The molecule has 0 atom stereocenters. The topological polar surface area (TPSA) is 78.5 Å². The lowest BCUT2D eigenvalue weighted by molar-refractivity contribution is 0.183. The number of hydrogen-bond donors (Lipinski definition) is 2. The highest BCUT2D eigenvalue weighted by molar-refractivity contribution is 7.88. The number of amides is 2. The van der Waals surface area contributed by atoms with E-state index < -0.39 is 10.0 Å². The van der Waals surface area contributed by atoms with E-state index in [1.165, 1.54) is 24.3 Å². The summed E-state index contributed by atoms with van der Waals surface area (Å²) in [4.78, 5) is 14.0. The van der Waals surface area contributed by atoms with Gasteiger partial charge in [-0.15, -0.1) is 0 Å². The van der Waals surface area contributed by atoms with Crippen LogP contribution in [0.4, 0.5) is 14.9 Å². The fourth-order valence-electron chi connectivity index (χ4n) is 3.19. The molecule has 1 fully saturated rings. The minimum absolute atomic E-state index is 0.158. The van der Waals surface area contributed by atoms with Gasteiger partial charge < -0.3 is 10.2 Å². The third-order valence-electron chi connectivity index (χ3n) is 4.89. The van der Waals surface area contributed by atoms with Crippen molar-refractivity contribution >= 4 is 33.3 Å². The molecule has 1 saturated heterocycles. The van der Waals surface area contributed by atoms with Gasteiger partial charge in [-0.2, -0.15) is 0 Å². The van der Waals surface area contributed by atoms with E-state index in [9.17, 15) is 17.6 Å². The summed E-state index contributed by atoms with van der Waals surface area (Å²) in [5.41, 5.74) is 1.10. The van der Waals surface area contributed by atoms with Gasteiger partial charge in [0, 0.05) is 30.3 Å². The van der Waals surface area contributed by atoms with E-state index in [0.29, 0.717) is 48.7 Å². The van der Waals surface area contributed by atoms with Crippen LogP contribution in [0.5, 0.6) is 0 Å². The van der Waals surface area contributed by atoms with Gasteiger partial charge in [0.15, 0.2) is 0 Å². The molecule has 0 aliphatic carbocycles. The monoisotopic (exact) mass is 439 g/mol. The smallest absolute Gasteiger partial charge is 0.321 e. The molecule has 0 saturated carbocycles. The molecule has 1 heterocycles. The summed E-state index contributed by atoms with van der Waals surface area (Å²) in [6.45, 7) is 1.40. The number of piperidine rings is 1. The van der Waals surface area contributed by atoms with Crippen LogP contribution in [0.25, 0.3) is 0 Å². The van der Waals surface area contributed by atoms with E-state index in [-0.39, 0.29) is 23.5 Å². The predicted molar refractivity (Wildman–Crippen MR) is 112 cm³/mol. The number of halogens is 2. The van der Waals surface area contributed by atoms with Crippen molar-refractivity contribution in [3.8, 4) is 0 Å². The molecule has 29 heavy (non-hydrogen) atoms. The van der Waals surface area contributed by atoms with Gasteiger partial charge in [0.2, 0.25) is 10.0 Å². The number of nitrogens with zero attached hydrogens (tertiary/aromatic N) is 1. The lowest BCUT2D eigenvalue weighted by atomic mass is 9.97. The zero-order valence-corrected chi connectivity index (χ0v) is 17.3. The maximum absolute atomic E-state index is 12.9. The van der Waals surface area contributed by atoms with Gasteiger partial charge >= 0.3 is 6.03 Å². The Hall–Kier alpha value is -2.16. The van der Waals surface area contributed by atoms with Gasteiger partial charge in [-0.1, -0.05) is 29.8 Å². The minimum Gasteiger partial charge on any atom is -0.325 e. The molecule has 0 spiro atoms. The van der Waals surface area contributed by atoms with Crippen LogP contribution >= 0.6 is 11.6 Å². The summed E-state index contributed by atoms with van der Waals surface area (Å²) in [5.74, 6) is -0.363. The molecule has 2 aromatic carbocycles. The van der Waals surface area contributed by atoms with Crippen molar-refractivity contribution in [2.75, 3.05) is 25.0 Å². The molecule has 0 unspecified atom stereocenters. The van der Waals surface area contributed by atoms with Crippen molar-refractivity contribution in [2.24, 2.45) is 5.92 Å². The zero-order valence-electron chi connectivity index (χ0n) is 15.8. The highest BCUT2D eigenvalue weighted by atomic mass is 35.5. The van der Waals surface area contributed by atoms with Crippen LogP contribution in [0.2, 0.25) is 5.02 Å². The summed E-state index contributed by atoms with van der Waals surface area (Å²) in [6.07, 6.45) is 1.40. The molecule has 0 radical (unpaired) electrons. The Morgan fingerprint density at radius 1 is 1.10 bits per heavy atom. The number of sulfonamides is 1. The summed E-state index contributed by atoms with van der Waals surface area (Å²) < 4.78 is 40.2. The van der Waals surface area contributed by atoms with Gasteiger partial charge in [-0.3, -0.25) is 0 Å². The number of anilines is 1. The van der Waals surface area contributed by atoms with Gasteiger partial charge in [0.25, 0.3) is 0 Å². The van der Waals surface area contributed by atoms with E-state index in [1.807, 2.05) is 0 Å². The van der Waals surface area contributed by atoms with Crippen LogP contribution in [0, 0.1) is 11.7 Å². The molecule has 6 nitrogen and oxygen atoms in total. The number of benzene rings is 2. The van der Waals surface area contributed by atoms with Crippen molar-refractivity contribution in [3.63, 3.8) is 0 Å². The normalized spacial score (nSPS) is 15.3. The summed E-state index contributed by atoms with van der Waals surface area (Å²) in [7, 11) is -3.49. The molecule has 1 aliphatic heterocycles. The maximum Gasteiger partial charge on any atom is 0.321 e. The number of rotatable bonds is 6. The molecule has 1 aliphatic rings. The molecule has 0 aromatic heterocycles. The second-order valence-corrected chi connectivity index (χ2v) is 9.28. The van der Waals surface area contributed by atoms with Crippen LogP contribution in [-0.2, 0) is 15.8 Å². The standard InChI is InChI=1S/C20H23ClFN3O3S/c21-19-4-2-1-3-16(19)14-29(27,28)23-13-15-9-11-25(12-10-15)20(26)24-18-7-5-17(22)6-8-18/h1-8,15,23H,9-14H2,(H,24,26). The number of hydrogen-bond acceptors (Lipinski definition) is 3. The Bertz CT molecular complexity index is 946. The second-order valence-electron chi connectivity index (χ2n) is 7.07. The van der Waals surface area contributed by atoms with Crippen LogP contribution in [0.1, 0.15) is 18.4 Å². The van der Waals surface area contributed by atoms with Gasteiger partial charge in [0.1, 0.15) is 5.82 Å². The molecule has 3 rings (SSSR count). The first-order chi connectivity index (χ1) is 13.8. The maximum atomic E-state index is 12.9. The summed E-state index contributed by atoms with van der Waals surface area (Å²) >= 11 is 6.04. The zero-order chi connectivity index (χ0) is 20.9. The number of carbonyl (C=O) groups is 1. The fourth-order valence-corrected chi connectivity index (χ4v) is 4.73. The highest BCUT2D eigenvalue weighted by Gasteiger charge is 2.24. The molecular formula is C20H23ClFN3O3S. The first kappa shape index (κ1) is 21.5. The Morgan fingerprint density at radius 3 is 2.41 bits per heavy atom. The summed E-state index contributed by atoms with van der Waals surface area (Å²) in [6, 6.07) is 12.2. The Balaban J connectivity index is 1.44. The van der Waals surface area contributed by atoms with E-state index in [4.69, 9.17) is 11.6 Å². The van der Waals surface area contributed by atoms with Gasteiger partial charge in [0.05, 0.1) is 5.75 Å². The average molecular weight is 440 g/mol. The highest BCUT2D eigenvalue weighted by Crippen LogP contribution is 2.20. The summed E-state index contributed by atoms with van der Waals surface area (Å²) in [5, 5.41) is 3.17. The van der Waals surface area contributed by atoms with Crippen LogP contribution < -0.4 is 10.0 Å². The van der Waals surface area contributed by atoms with Crippen LogP contribution in [0.15, 0.2) is 48.5 Å². The second kappa shape index (κ2) is 9.56. The van der Waals surface area contributed by atoms with Crippen molar-refractivity contribution < 1.29 is 17.6 Å². The lowest BCUT2D eigenvalue weighted by Crippen LogP contribution is -2.43. The number of nitrogens with one attached hydrogen (secondary N) is 2. The number of carbonyl (C=O) groups excluding carboxylic acids is 1. The van der Waals surface area contributed by atoms with Crippen LogP contribution in [0.3, 0.4) is 0 Å². The van der Waals surface area contributed by atoms with E-state index in [2.05, 4.69) is 10.0 Å². The average Bonchev–Trinajstić information content (AvgIpc) is 2.70. The number of urea groups is 1. The van der Waals surface area contributed by atoms with Crippen molar-refractivity contribution in [3.05, 3.63) is 64.9 Å². The predicted octanol–water partition coefficient (Wildman–Crippen LogP) is 3.84. The molecule has 2 aromatic rings. The first-order valence-corrected chi connectivity index (χ1v) is 11.4. The van der Waals surface area contributed by atoms with Crippen molar-refractivity contribution in [1.29, 1.82) is 0 Å². The van der Waals surface area contributed by atoms with E-state index in [1.54, 1.807) is 29.2 Å². The molecule has 0 bridgehead atoms. The molecule has 9 heteroatoms. The fraction of sp³-hybridized carbons (Fsp3) is 0.350. The Morgan fingerprint density at radius 2 is 1.76 bits per heavy atom. The largest absolute Gasteiger partial charge is 0.325 e. The van der Waals surface area contributed by atoms with E-state index >= 15 is 0 Å². The Kier molecular flexibility index (Phi) is 7.10. The van der Waals surface area contributed by atoms with Crippen molar-refractivity contribution in [2.45, 2.75) is 18.6 Å². The third-order valence-corrected chi connectivity index (χ3v) is 6.56. The Labute approximate surface area is 175 Å². The minimum atomic E-state index is -3.49. The third kappa shape index (κ3) is 6.42. The van der Waals surface area contributed by atoms with Gasteiger partial charge in [-0.25, -0.2) is 22.3 Å². The van der Waals surface area contributed by atoms with E-state index in [0.717, 1.165) is 0 Å². The quantitative estimate of drug-likeness (QED) is 0.717. The van der Waals surface area contributed by atoms with Crippen molar-refractivity contribution in [1.82, 2.24) is 9.62 Å². The van der Waals surface area contributed by atoms with Crippen LogP contribution in [-0.4, -0.2) is 39.0 Å².